The van der Waals surface area contributed by atoms with Gasteiger partial charge in [0, 0.05) is 0 Å². The summed E-state index contributed by atoms with van der Waals surface area (Å²) in [6.07, 6.45) is 9.85. The standard InChI is InChI=1S/2C7H9.2CH3.H2Si.Zr/c2*1-6-3-4-7(2)5-6;;;;/h2*3,5,7H,1-2H3;2*1H3;1H2;. The van der Waals surface area contributed by atoms with Crippen molar-refractivity contribution >= 4 is 6.88 Å². The first kappa shape index (κ1) is 14.5. The molecule has 0 spiro atoms. The van der Waals surface area contributed by atoms with Crippen LogP contribution in [0.4, 0.5) is 0 Å². The molecule has 0 fully saturated rings. The van der Waals surface area contributed by atoms with Gasteiger partial charge in [-0.25, -0.2) is 0 Å². The molecule has 2 heteroatoms. The molecule has 98 valence electrons. The Hall–Kier alpha value is 0.0600. The first-order chi connectivity index (χ1) is 8.10. The summed E-state index contributed by atoms with van der Waals surface area (Å²) in [4.78, 5) is 0. The summed E-state index contributed by atoms with van der Waals surface area (Å²) in [6, 6.07) is 0. The molecule has 2 unspecified atom stereocenters. The predicted octanol–water partition coefficient (Wildman–Crippen LogP) is 4.28. The normalized spacial score (nSPS) is 28.8. The molecule has 0 radical (unpaired) electrons. The predicted molar refractivity (Wildman–Crippen MR) is 82.3 cm³/mol. The van der Waals surface area contributed by atoms with Crippen LogP contribution in [0.3, 0.4) is 0 Å². The van der Waals surface area contributed by atoms with Crippen molar-refractivity contribution in [2.75, 3.05) is 0 Å². The van der Waals surface area contributed by atoms with Gasteiger partial charge in [-0.3, -0.25) is 0 Å². The van der Waals surface area contributed by atoms with Gasteiger partial charge in [-0.05, 0) is 0 Å². The minimum atomic E-state index is -2.88. The monoisotopic (exact) mass is 336 g/mol. The van der Waals surface area contributed by atoms with Gasteiger partial charge < -0.3 is 0 Å². The molecule has 0 heterocycles. The Morgan fingerprint density at radius 1 is 0.889 bits per heavy atom. The van der Waals surface area contributed by atoms with Gasteiger partial charge in [0.15, 0.2) is 0 Å². The van der Waals surface area contributed by atoms with E-state index in [1.54, 1.807) is 6.56 Å². The van der Waals surface area contributed by atoms with Gasteiger partial charge in [0.2, 0.25) is 0 Å². The van der Waals surface area contributed by atoms with Crippen LogP contribution in [0.25, 0.3) is 0 Å². The Balaban J connectivity index is 2.52. The second-order valence-electron chi connectivity index (χ2n) is 7.28. The number of rotatable bonds is 2. The molecule has 2 atom stereocenters. The van der Waals surface area contributed by atoms with Crippen LogP contribution >= 0.6 is 0 Å². The van der Waals surface area contributed by atoms with Gasteiger partial charge in [-0.15, -0.1) is 0 Å². The minimum absolute atomic E-state index is 0.650. The van der Waals surface area contributed by atoms with Crippen molar-refractivity contribution in [2.24, 2.45) is 11.8 Å². The molecule has 2 aliphatic rings. The third-order valence-electron chi connectivity index (χ3n) is 4.62. The number of hydrogen-bond donors (Lipinski definition) is 0. The number of allylic oxidation sites excluding steroid dienone is 8. The van der Waals surface area contributed by atoms with E-state index in [-0.39, 0.29) is 0 Å². The van der Waals surface area contributed by atoms with Crippen molar-refractivity contribution in [2.45, 2.75) is 37.0 Å². The average Bonchev–Trinajstić information content (AvgIpc) is 2.70. The van der Waals surface area contributed by atoms with Crippen LogP contribution in [0.1, 0.15) is 27.7 Å². The second-order valence-corrected chi connectivity index (χ2v) is 35.9. The molecular weight excluding hydrogens is 311 g/mol. The van der Waals surface area contributed by atoms with Gasteiger partial charge in [0.05, 0.1) is 0 Å². The molecule has 0 N–H and O–H groups in total. The molecule has 0 aromatic carbocycles. The molecule has 0 saturated heterocycles. The molecule has 18 heavy (non-hydrogen) atoms. The fraction of sp³-hybridized carbons (Fsp3) is 0.500. The Labute approximate surface area is 114 Å². The van der Waals surface area contributed by atoms with Gasteiger partial charge in [-0.1, -0.05) is 0 Å². The van der Waals surface area contributed by atoms with Crippen molar-refractivity contribution in [3.63, 3.8) is 0 Å². The van der Waals surface area contributed by atoms with E-state index < -0.39 is 17.4 Å². The fourth-order valence-electron chi connectivity index (χ4n) is 3.91. The van der Waals surface area contributed by atoms with Crippen molar-refractivity contribution in [3.05, 3.63) is 42.0 Å². The summed E-state index contributed by atoms with van der Waals surface area (Å²) < 4.78 is 8.77. The molecule has 0 aromatic rings. The average molecular weight is 338 g/mol. The molecule has 0 aromatic heterocycles. The third kappa shape index (κ3) is 2.27. The van der Waals surface area contributed by atoms with Crippen LogP contribution in [-0.2, 0) is 17.4 Å². The van der Waals surface area contributed by atoms with Crippen LogP contribution < -0.4 is 0 Å². The van der Waals surface area contributed by atoms with E-state index in [1.807, 2.05) is 0 Å². The van der Waals surface area contributed by atoms with E-state index in [0.717, 1.165) is 0 Å². The molecule has 0 saturated carbocycles. The fourth-order valence-corrected chi connectivity index (χ4v) is 20.7. The Morgan fingerprint density at radius 2 is 1.22 bits per heavy atom. The van der Waals surface area contributed by atoms with Gasteiger partial charge in [0.1, 0.15) is 0 Å². The topological polar surface area (TPSA) is 0 Å². The van der Waals surface area contributed by atoms with E-state index in [2.05, 4.69) is 68.1 Å². The summed E-state index contributed by atoms with van der Waals surface area (Å²) in [7, 11) is 0. The van der Waals surface area contributed by atoms with Crippen LogP contribution in [0.5, 0.6) is 0 Å². The SMILES string of the molecule is CC1=CC(C)[C]([Zr]([CH3])([CH3])(=[SiH2])[C]2=CC(C)=CC2C)=C1. The summed E-state index contributed by atoms with van der Waals surface area (Å²) in [5.41, 5.74) is 2.92. The van der Waals surface area contributed by atoms with Gasteiger partial charge in [0.25, 0.3) is 0 Å². The van der Waals surface area contributed by atoms with Crippen molar-refractivity contribution in [1.29, 1.82) is 0 Å². The zero-order valence-corrected chi connectivity index (χ0v) is 16.5. The van der Waals surface area contributed by atoms with Gasteiger partial charge in [-0.2, -0.15) is 0 Å². The summed E-state index contributed by atoms with van der Waals surface area (Å²) in [6.45, 7) is 11.6. The van der Waals surface area contributed by atoms with Gasteiger partial charge >= 0.3 is 115 Å². The van der Waals surface area contributed by atoms with E-state index in [4.69, 9.17) is 0 Å². The maximum atomic E-state index is 2.61. The molecular formula is C16H26SiZr. The van der Waals surface area contributed by atoms with Crippen LogP contribution in [0.2, 0.25) is 9.26 Å². The maximum absolute atomic E-state index is 2.88. The summed E-state index contributed by atoms with van der Waals surface area (Å²) >= 11 is -2.88. The summed E-state index contributed by atoms with van der Waals surface area (Å²) in [5, 5.41) is 0. The van der Waals surface area contributed by atoms with E-state index in [9.17, 15) is 0 Å². The first-order valence-electron chi connectivity index (χ1n) is 6.98. The van der Waals surface area contributed by atoms with Crippen molar-refractivity contribution < 1.29 is 17.4 Å². The molecule has 0 amide bonds. The Kier molecular flexibility index (Phi) is 3.44. The van der Waals surface area contributed by atoms with Crippen LogP contribution in [0.15, 0.2) is 42.0 Å². The molecule has 2 aliphatic carbocycles. The van der Waals surface area contributed by atoms with E-state index in [0.29, 0.717) is 11.8 Å². The molecule has 0 bridgehead atoms. The second kappa shape index (κ2) is 4.28. The number of hydrogen-bond acceptors (Lipinski definition) is 0. The quantitative estimate of drug-likeness (QED) is 0.660. The zero-order valence-electron chi connectivity index (χ0n) is 12.7. The zero-order chi connectivity index (χ0) is 13.7. The van der Waals surface area contributed by atoms with Crippen molar-refractivity contribution in [3.8, 4) is 0 Å². The van der Waals surface area contributed by atoms with Crippen molar-refractivity contribution in [1.82, 2.24) is 0 Å². The van der Waals surface area contributed by atoms with Crippen LogP contribution in [0, 0.1) is 11.8 Å². The Bertz CT molecular complexity index is 532. The third-order valence-corrected chi connectivity index (χ3v) is 21.5. The van der Waals surface area contributed by atoms with E-state index in [1.165, 1.54) is 11.1 Å². The molecule has 0 aliphatic heterocycles. The van der Waals surface area contributed by atoms with E-state index >= 15 is 0 Å². The molecule has 2 rings (SSSR count). The first-order valence-corrected chi connectivity index (χ1v) is 20.3. The molecule has 0 nitrogen and oxygen atoms in total. The van der Waals surface area contributed by atoms with Crippen LogP contribution in [-0.4, -0.2) is 6.88 Å². The summed E-state index contributed by atoms with van der Waals surface area (Å²) in [5.74, 6) is 1.30. The Morgan fingerprint density at radius 3 is 1.44 bits per heavy atom.